The van der Waals surface area contributed by atoms with Gasteiger partial charge in [0.2, 0.25) is 15.9 Å². The lowest BCUT2D eigenvalue weighted by Crippen LogP contribution is -2.44. The minimum atomic E-state index is -3.70. The maximum atomic E-state index is 11.8. The molecule has 21 heavy (non-hydrogen) atoms. The largest absolute Gasteiger partial charge is 0.348 e. The van der Waals surface area contributed by atoms with Crippen molar-refractivity contribution >= 4 is 28.3 Å². The zero-order chi connectivity index (χ0) is 15.5. The van der Waals surface area contributed by atoms with Crippen molar-refractivity contribution in [1.29, 1.82) is 0 Å². The van der Waals surface area contributed by atoms with E-state index in [1.807, 2.05) is 13.8 Å². The molecule has 0 aromatic heterocycles. The number of nitrogens with two attached hydrogens (primary N) is 2. The van der Waals surface area contributed by atoms with Gasteiger partial charge in [-0.25, -0.2) is 13.6 Å². The van der Waals surface area contributed by atoms with Crippen molar-refractivity contribution in [2.24, 2.45) is 16.8 Å². The van der Waals surface area contributed by atoms with Crippen LogP contribution >= 0.6 is 12.4 Å². The summed E-state index contributed by atoms with van der Waals surface area (Å²) in [6.07, 6.45) is 0. The Balaban J connectivity index is 0.00000400. The Bertz CT molecular complexity index is 573. The first-order chi connectivity index (χ1) is 9.12. The van der Waals surface area contributed by atoms with E-state index in [1.165, 1.54) is 12.1 Å². The summed E-state index contributed by atoms with van der Waals surface area (Å²) in [5.74, 6) is -0.185. The summed E-state index contributed by atoms with van der Waals surface area (Å²) in [6, 6.07) is 5.23. The Labute approximate surface area is 131 Å². The lowest BCUT2D eigenvalue weighted by Gasteiger charge is -2.20. The summed E-state index contributed by atoms with van der Waals surface area (Å²) in [6.45, 7) is 5.54. The fourth-order valence-corrected chi connectivity index (χ4v) is 2.16. The van der Waals surface area contributed by atoms with Gasteiger partial charge in [-0.1, -0.05) is 26.0 Å². The van der Waals surface area contributed by atoms with E-state index in [0.717, 1.165) is 5.56 Å². The first kappa shape index (κ1) is 19.9. The molecule has 1 rings (SSSR count). The van der Waals surface area contributed by atoms with E-state index in [9.17, 15) is 13.2 Å². The number of carbonyl (C=O) groups is 1. The van der Waals surface area contributed by atoms with Crippen molar-refractivity contribution in [2.75, 3.05) is 0 Å². The molecule has 6 nitrogen and oxygen atoms in total. The van der Waals surface area contributed by atoms with Gasteiger partial charge in [0.05, 0.1) is 17.0 Å². The van der Waals surface area contributed by atoms with E-state index in [0.29, 0.717) is 0 Å². The molecular formula is C13H22ClN3O3S. The molecule has 0 radical (unpaired) electrons. The molecule has 0 spiro atoms. The molecule has 0 heterocycles. The molecule has 5 N–H and O–H groups in total. The molecule has 2 atom stereocenters. The van der Waals surface area contributed by atoms with Crippen LogP contribution in [0.15, 0.2) is 29.2 Å². The Kier molecular flexibility index (Phi) is 7.32. The Morgan fingerprint density at radius 1 is 1.14 bits per heavy atom. The summed E-state index contributed by atoms with van der Waals surface area (Å²) in [4.78, 5) is 11.9. The van der Waals surface area contributed by atoms with E-state index < -0.39 is 16.1 Å². The van der Waals surface area contributed by atoms with Crippen LogP contribution < -0.4 is 16.2 Å². The minimum absolute atomic E-state index is 0. The van der Waals surface area contributed by atoms with E-state index >= 15 is 0 Å². The van der Waals surface area contributed by atoms with Gasteiger partial charge in [0.25, 0.3) is 0 Å². The maximum absolute atomic E-state index is 11.8. The molecule has 0 saturated heterocycles. The molecule has 1 aromatic rings. The van der Waals surface area contributed by atoms with Crippen LogP contribution in [0.25, 0.3) is 0 Å². The molecular weight excluding hydrogens is 314 g/mol. The number of amides is 1. The average Bonchev–Trinajstić information content (AvgIpc) is 2.36. The van der Waals surface area contributed by atoms with Crippen LogP contribution in [-0.4, -0.2) is 20.4 Å². The van der Waals surface area contributed by atoms with Crippen LogP contribution in [0.2, 0.25) is 0 Å². The van der Waals surface area contributed by atoms with Gasteiger partial charge in [0.1, 0.15) is 0 Å². The fraction of sp³-hybridized carbons (Fsp3) is 0.462. The van der Waals surface area contributed by atoms with Crippen molar-refractivity contribution in [3.05, 3.63) is 29.8 Å². The normalized spacial score (nSPS) is 14.2. The van der Waals surface area contributed by atoms with Crippen molar-refractivity contribution in [1.82, 2.24) is 5.32 Å². The van der Waals surface area contributed by atoms with Crippen LogP contribution in [0.4, 0.5) is 0 Å². The molecule has 0 fully saturated rings. The van der Waals surface area contributed by atoms with Gasteiger partial charge in [-0.2, -0.15) is 0 Å². The molecule has 1 amide bonds. The molecule has 0 saturated carbocycles. The van der Waals surface area contributed by atoms with Crippen LogP contribution in [-0.2, 0) is 14.8 Å². The second-order valence-corrected chi connectivity index (χ2v) is 6.68. The summed E-state index contributed by atoms with van der Waals surface area (Å²) in [7, 11) is -3.70. The van der Waals surface area contributed by atoms with E-state index in [4.69, 9.17) is 10.9 Å². The molecule has 8 heteroatoms. The number of rotatable bonds is 5. The van der Waals surface area contributed by atoms with Crippen LogP contribution in [0.1, 0.15) is 32.4 Å². The lowest BCUT2D eigenvalue weighted by molar-refractivity contribution is -0.123. The zero-order valence-electron chi connectivity index (χ0n) is 12.2. The van der Waals surface area contributed by atoms with Gasteiger partial charge in [-0.05, 0) is 30.5 Å². The molecule has 0 aliphatic heterocycles. The smallest absolute Gasteiger partial charge is 0.238 e. The van der Waals surface area contributed by atoms with E-state index in [-0.39, 0.29) is 35.2 Å². The second kappa shape index (κ2) is 7.74. The number of benzene rings is 1. The minimum Gasteiger partial charge on any atom is -0.348 e. The van der Waals surface area contributed by atoms with Gasteiger partial charge >= 0.3 is 0 Å². The molecule has 0 aliphatic carbocycles. The van der Waals surface area contributed by atoms with Gasteiger partial charge in [-0.15, -0.1) is 12.4 Å². The number of nitrogens with one attached hydrogen (secondary N) is 1. The third-order valence-corrected chi connectivity index (χ3v) is 4.02. The van der Waals surface area contributed by atoms with Gasteiger partial charge < -0.3 is 11.1 Å². The van der Waals surface area contributed by atoms with Crippen molar-refractivity contribution in [3.63, 3.8) is 0 Å². The number of hydrogen-bond donors (Lipinski definition) is 3. The standard InChI is InChI=1S/C13H21N3O3S.ClH/c1-8(2)12(14)13(17)16-9(3)10-4-6-11(7-5-10)20(15,18)19;/h4-9,12H,14H2,1-3H3,(H,16,17)(H2,15,18,19);1H/t9?,12-;/m0./s1. The third-order valence-electron chi connectivity index (χ3n) is 3.09. The highest BCUT2D eigenvalue weighted by atomic mass is 35.5. The Morgan fingerprint density at radius 2 is 1.62 bits per heavy atom. The van der Waals surface area contributed by atoms with Gasteiger partial charge in [-0.3, -0.25) is 4.79 Å². The summed E-state index contributed by atoms with van der Waals surface area (Å²) >= 11 is 0. The van der Waals surface area contributed by atoms with Gasteiger partial charge in [0.15, 0.2) is 0 Å². The molecule has 1 unspecified atom stereocenters. The molecule has 1 aromatic carbocycles. The molecule has 0 bridgehead atoms. The summed E-state index contributed by atoms with van der Waals surface area (Å²) < 4.78 is 22.3. The highest BCUT2D eigenvalue weighted by Crippen LogP contribution is 2.15. The number of primary sulfonamides is 1. The Hall–Kier alpha value is -1.15. The second-order valence-electron chi connectivity index (χ2n) is 5.11. The van der Waals surface area contributed by atoms with E-state index in [1.54, 1.807) is 19.1 Å². The summed E-state index contributed by atoms with van der Waals surface area (Å²) in [5.41, 5.74) is 6.54. The van der Waals surface area contributed by atoms with E-state index in [2.05, 4.69) is 5.32 Å². The monoisotopic (exact) mass is 335 g/mol. The summed E-state index contributed by atoms with van der Waals surface area (Å²) in [5, 5.41) is 7.81. The maximum Gasteiger partial charge on any atom is 0.238 e. The number of halogens is 1. The van der Waals surface area contributed by atoms with Crippen molar-refractivity contribution in [3.8, 4) is 0 Å². The third kappa shape index (κ3) is 5.62. The number of hydrogen-bond acceptors (Lipinski definition) is 4. The number of carbonyl (C=O) groups excluding carboxylic acids is 1. The predicted octanol–water partition coefficient (Wildman–Crippen LogP) is 0.916. The van der Waals surface area contributed by atoms with Crippen molar-refractivity contribution < 1.29 is 13.2 Å². The number of sulfonamides is 1. The topological polar surface area (TPSA) is 115 Å². The predicted molar refractivity (Wildman–Crippen MR) is 84.4 cm³/mol. The highest BCUT2D eigenvalue weighted by molar-refractivity contribution is 7.89. The lowest BCUT2D eigenvalue weighted by atomic mass is 10.0. The van der Waals surface area contributed by atoms with Crippen molar-refractivity contribution in [2.45, 2.75) is 37.8 Å². The zero-order valence-corrected chi connectivity index (χ0v) is 13.9. The SMILES string of the molecule is CC(NC(=O)[C@@H](N)C(C)C)c1ccc(S(N)(=O)=O)cc1.Cl. The molecule has 120 valence electrons. The highest BCUT2D eigenvalue weighted by Gasteiger charge is 2.19. The average molecular weight is 336 g/mol. The first-order valence-electron chi connectivity index (χ1n) is 6.31. The Morgan fingerprint density at radius 3 is 2.00 bits per heavy atom. The van der Waals surface area contributed by atoms with Crippen LogP contribution in [0, 0.1) is 5.92 Å². The molecule has 0 aliphatic rings. The quantitative estimate of drug-likeness (QED) is 0.741. The first-order valence-corrected chi connectivity index (χ1v) is 7.86. The van der Waals surface area contributed by atoms with Gasteiger partial charge in [0, 0.05) is 0 Å². The van der Waals surface area contributed by atoms with Crippen LogP contribution in [0.5, 0.6) is 0 Å². The fourth-order valence-electron chi connectivity index (χ4n) is 1.64. The van der Waals surface area contributed by atoms with Crippen LogP contribution in [0.3, 0.4) is 0 Å².